The van der Waals surface area contributed by atoms with E-state index in [-0.39, 0.29) is 0 Å². The molecule has 0 aliphatic carbocycles. The predicted octanol–water partition coefficient (Wildman–Crippen LogP) is -1.43. The van der Waals surface area contributed by atoms with E-state index in [1.54, 1.807) is 0 Å². The number of rotatable bonds is 0. The Balaban J connectivity index is -0.000000144. The van der Waals surface area contributed by atoms with Gasteiger partial charge in [-0.05, 0) is 0 Å². The van der Waals surface area contributed by atoms with Crippen LogP contribution in [0, 0.1) is 0 Å². The second-order valence-corrected chi connectivity index (χ2v) is 4.12. The maximum absolute atomic E-state index is 8.55. The van der Waals surface area contributed by atoms with E-state index in [9.17, 15) is 0 Å². The Hall–Kier alpha value is -0.881. The van der Waals surface area contributed by atoms with Crippen molar-refractivity contribution in [2.45, 2.75) is 0 Å². The van der Waals surface area contributed by atoms with E-state index in [0.29, 0.717) is 0 Å². The first-order chi connectivity index (χ1) is 6.00. The van der Waals surface area contributed by atoms with Crippen molar-refractivity contribution in [3.63, 3.8) is 0 Å². The number of hydrogen-bond acceptors (Lipinski definition) is 12. The SMILES string of the molecule is [O]=[Co](=[O])(=[O])=[O].[O]=[Co](=[O])(=[O])=[O].[O]=[Co](=[O])(=[O])=[O]. The molecule has 15 heteroatoms. The minimum absolute atomic E-state index is 5.38. The molecule has 0 aromatic carbocycles. The van der Waals surface area contributed by atoms with Crippen LogP contribution in [0.25, 0.3) is 0 Å². The van der Waals surface area contributed by atoms with Gasteiger partial charge in [0.15, 0.2) is 0 Å². The van der Waals surface area contributed by atoms with Crippen LogP contribution < -0.4 is 0 Å². The van der Waals surface area contributed by atoms with Crippen molar-refractivity contribution in [3.05, 3.63) is 0 Å². The molecule has 0 heterocycles. The van der Waals surface area contributed by atoms with E-state index in [1.807, 2.05) is 0 Å². The van der Waals surface area contributed by atoms with Crippen LogP contribution in [0.5, 0.6) is 0 Å². The van der Waals surface area contributed by atoms with Crippen LogP contribution in [-0.4, -0.2) is 0 Å². The molecule has 0 aromatic heterocycles. The molecule has 99 valence electrons. The summed E-state index contributed by atoms with van der Waals surface area (Å²) in [6.45, 7) is 0. The van der Waals surface area contributed by atoms with Gasteiger partial charge in [0.05, 0.1) is 0 Å². The monoisotopic (exact) mass is 369 g/mol. The third-order valence-electron chi connectivity index (χ3n) is 0. The van der Waals surface area contributed by atoms with Crippen molar-refractivity contribution in [1.82, 2.24) is 0 Å². The quantitative estimate of drug-likeness (QED) is 0.482. The Bertz CT molecular complexity index is 597. The van der Waals surface area contributed by atoms with Gasteiger partial charge in [-0.1, -0.05) is 0 Å². The van der Waals surface area contributed by atoms with E-state index in [1.165, 1.54) is 0 Å². The van der Waals surface area contributed by atoms with Crippen LogP contribution in [0.1, 0.15) is 0 Å². The van der Waals surface area contributed by atoms with Gasteiger partial charge in [0.2, 0.25) is 0 Å². The van der Waals surface area contributed by atoms with Gasteiger partial charge in [0, 0.05) is 0 Å². The standard InChI is InChI=1S/3Co.12O. The molecule has 0 radical (unpaired) electrons. The van der Waals surface area contributed by atoms with Crippen LogP contribution in [0.2, 0.25) is 0 Å². The molecule has 15 heavy (non-hydrogen) atoms. The van der Waals surface area contributed by atoms with Crippen molar-refractivity contribution in [2.75, 3.05) is 0 Å². The molecular formula is Co3O12. The zero-order chi connectivity index (χ0) is 13.5. The van der Waals surface area contributed by atoms with Gasteiger partial charge >= 0.3 is 83.4 Å². The van der Waals surface area contributed by atoms with Crippen LogP contribution in [-0.2, 0) is 83.4 Å². The van der Waals surface area contributed by atoms with Crippen LogP contribution in [0.3, 0.4) is 0 Å². The summed E-state index contributed by atoms with van der Waals surface area (Å²) in [5, 5.41) is 0. The van der Waals surface area contributed by atoms with Crippen LogP contribution >= 0.6 is 0 Å². The van der Waals surface area contributed by atoms with Crippen LogP contribution in [0.15, 0.2) is 0 Å². The summed E-state index contributed by atoms with van der Waals surface area (Å²) in [5.74, 6) is 0. The Morgan fingerprint density at radius 1 is 0.267 bits per heavy atom. The molecule has 0 saturated heterocycles. The first kappa shape index (κ1) is 19.7. The average molecular weight is 369 g/mol. The Labute approximate surface area is 83.4 Å². The summed E-state index contributed by atoms with van der Waals surface area (Å²) in [6, 6.07) is 0. The van der Waals surface area contributed by atoms with Gasteiger partial charge in [-0.15, -0.1) is 0 Å². The normalized spacial score (nSPS) is 11.2. The second-order valence-electron chi connectivity index (χ2n) is 1.00. The topological polar surface area (TPSA) is 205 Å². The maximum atomic E-state index is 8.55. The van der Waals surface area contributed by atoms with E-state index < -0.39 is 37.0 Å². The summed E-state index contributed by atoms with van der Waals surface area (Å²) < 4.78 is 103. The van der Waals surface area contributed by atoms with Crippen LogP contribution in [0.4, 0.5) is 0 Å². The average Bonchev–Trinajstić information content (AvgIpc) is 1.41. The van der Waals surface area contributed by atoms with Gasteiger partial charge < -0.3 is 0 Å². The Morgan fingerprint density at radius 2 is 0.267 bits per heavy atom. The molecule has 0 spiro atoms. The molecule has 0 N–H and O–H groups in total. The summed E-state index contributed by atoms with van der Waals surface area (Å²) in [7, 11) is 0. The fraction of sp³-hybridized carbons (Fsp3) is 0. The molecule has 0 rings (SSSR count). The molecule has 12 nitrogen and oxygen atoms in total. The van der Waals surface area contributed by atoms with Gasteiger partial charge in [-0.3, -0.25) is 0 Å². The third-order valence-corrected chi connectivity index (χ3v) is 0. The van der Waals surface area contributed by atoms with Crippen molar-refractivity contribution >= 4 is 0 Å². The molecule has 0 bridgehead atoms. The third kappa shape index (κ3) is 2090. The molecule has 0 atom stereocenters. The van der Waals surface area contributed by atoms with Crippen molar-refractivity contribution < 1.29 is 83.4 Å². The molecular weight excluding hydrogens is 369 g/mol. The predicted molar refractivity (Wildman–Crippen MR) is 8.24 cm³/mol. The summed E-state index contributed by atoms with van der Waals surface area (Å²) >= 11 is -16.1. The van der Waals surface area contributed by atoms with Gasteiger partial charge in [0.25, 0.3) is 0 Å². The molecule has 0 aliphatic heterocycles. The second kappa shape index (κ2) is 6.58. The van der Waals surface area contributed by atoms with E-state index in [0.717, 1.165) is 0 Å². The minimum atomic E-state index is -5.38. The fourth-order valence-corrected chi connectivity index (χ4v) is 0. The Kier molecular flexibility index (Phi) is 8.62. The number of hydrogen-bond donors (Lipinski definition) is 0. The van der Waals surface area contributed by atoms with E-state index >= 15 is 0 Å². The molecule has 0 unspecified atom stereocenters. The summed E-state index contributed by atoms with van der Waals surface area (Å²) in [4.78, 5) is 0. The molecule has 0 aliphatic rings. The van der Waals surface area contributed by atoms with Gasteiger partial charge in [-0.25, -0.2) is 0 Å². The first-order valence-electron chi connectivity index (χ1n) is 1.63. The van der Waals surface area contributed by atoms with Crippen molar-refractivity contribution in [3.8, 4) is 0 Å². The summed E-state index contributed by atoms with van der Waals surface area (Å²) in [5.41, 5.74) is 0. The van der Waals surface area contributed by atoms with Gasteiger partial charge in [-0.2, -0.15) is 0 Å². The molecule has 0 amide bonds. The molecule has 0 saturated carbocycles. The van der Waals surface area contributed by atoms with Gasteiger partial charge in [0.1, 0.15) is 0 Å². The van der Waals surface area contributed by atoms with Crippen molar-refractivity contribution in [2.24, 2.45) is 0 Å². The van der Waals surface area contributed by atoms with E-state index in [2.05, 4.69) is 0 Å². The summed E-state index contributed by atoms with van der Waals surface area (Å²) in [6.07, 6.45) is 0. The first-order valence-corrected chi connectivity index (χ1v) is 6.73. The fourth-order valence-electron chi connectivity index (χ4n) is 0. The molecule has 0 fully saturated rings. The zero-order valence-electron chi connectivity index (χ0n) is 5.90. The Morgan fingerprint density at radius 3 is 0.267 bits per heavy atom. The van der Waals surface area contributed by atoms with Crippen molar-refractivity contribution in [1.29, 1.82) is 0 Å². The molecule has 0 aromatic rings. The zero-order valence-corrected chi connectivity index (χ0v) is 9.02. The van der Waals surface area contributed by atoms with E-state index in [4.69, 9.17) is 46.4 Å².